The van der Waals surface area contributed by atoms with Gasteiger partial charge in [0.25, 0.3) is 0 Å². The molecular weight excluding hydrogens is 262 g/mol. The molecule has 0 saturated carbocycles. The molecule has 2 N–H and O–H groups in total. The fraction of sp³-hybridized carbons (Fsp3) is 0.588. The average Bonchev–Trinajstić information content (AvgIpc) is 2.48. The number of carbonyl (C=O) groups is 1. The fourth-order valence-electron chi connectivity index (χ4n) is 2.97. The van der Waals surface area contributed by atoms with Gasteiger partial charge in [-0.25, -0.2) is 0 Å². The number of anilines is 1. The minimum Gasteiger partial charge on any atom is -0.325 e. The van der Waals surface area contributed by atoms with E-state index in [1.54, 1.807) is 0 Å². The Kier molecular flexibility index (Phi) is 5.76. The number of nitrogens with zero attached hydrogens (tertiary/aromatic N) is 1. The summed E-state index contributed by atoms with van der Waals surface area (Å²) in [7, 11) is 0. The van der Waals surface area contributed by atoms with E-state index in [-0.39, 0.29) is 5.91 Å². The Morgan fingerprint density at radius 3 is 2.86 bits per heavy atom. The zero-order valence-electron chi connectivity index (χ0n) is 13.4. The maximum atomic E-state index is 12.3. The molecule has 4 nitrogen and oxygen atoms in total. The summed E-state index contributed by atoms with van der Waals surface area (Å²) in [5, 5.41) is 6.45. The third-order valence-corrected chi connectivity index (χ3v) is 4.20. The molecule has 1 atom stereocenters. The Morgan fingerprint density at radius 2 is 2.24 bits per heavy atom. The number of nitrogens with one attached hydrogen (secondary N) is 2. The van der Waals surface area contributed by atoms with Crippen LogP contribution in [0.3, 0.4) is 0 Å². The first-order chi connectivity index (χ1) is 10.1. The van der Waals surface area contributed by atoms with Crippen LogP contribution < -0.4 is 10.6 Å². The normalized spacial score (nSPS) is 18.8. The maximum Gasteiger partial charge on any atom is 0.238 e. The molecule has 1 aliphatic heterocycles. The van der Waals surface area contributed by atoms with Gasteiger partial charge in [-0.2, -0.15) is 0 Å². The highest BCUT2D eigenvalue weighted by molar-refractivity contribution is 5.93. The minimum absolute atomic E-state index is 0.0781. The molecule has 1 aliphatic rings. The van der Waals surface area contributed by atoms with Crippen LogP contribution in [0.2, 0.25) is 0 Å². The number of hydrogen-bond acceptors (Lipinski definition) is 3. The van der Waals surface area contributed by atoms with Crippen molar-refractivity contribution in [2.45, 2.75) is 39.7 Å². The van der Waals surface area contributed by atoms with E-state index in [4.69, 9.17) is 0 Å². The minimum atomic E-state index is 0.0781. The first-order valence-corrected chi connectivity index (χ1v) is 7.92. The zero-order chi connectivity index (χ0) is 15.2. The molecule has 116 valence electrons. The van der Waals surface area contributed by atoms with Gasteiger partial charge < -0.3 is 10.6 Å². The smallest absolute Gasteiger partial charge is 0.238 e. The van der Waals surface area contributed by atoms with E-state index in [1.165, 1.54) is 18.4 Å². The summed E-state index contributed by atoms with van der Waals surface area (Å²) in [4.78, 5) is 14.6. The van der Waals surface area contributed by atoms with Crippen LogP contribution >= 0.6 is 0 Å². The van der Waals surface area contributed by atoms with Crippen molar-refractivity contribution < 1.29 is 4.79 Å². The number of amides is 1. The molecule has 1 heterocycles. The van der Waals surface area contributed by atoms with E-state index in [0.717, 1.165) is 30.9 Å². The van der Waals surface area contributed by atoms with Crippen LogP contribution in [-0.4, -0.2) is 43.0 Å². The van der Waals surface area contributed by atoms with E-state index in [0.29, 0.717) is 12.6 Å². The molecule has 4 heteroatoms. The summed E-state index contributed by atoms with van der Waals surface area (Å²) < 4.78 is 0. The van der Waals surface area contributed by atoms with Gasteiger partial charge in [0.1, 0.15) is 0 Å². The van der Waals surface area contributed by atoms with Crippen LogP contribution in [0.1, 0.15) is 30.9 Å². The number of benzene rings is 1. The Morgan fingerprint density at radius 1 is 1.43 bits per heavy atom. The van der Waals surface area contributed by atoms with Crippen molar-refractivity contribution in [2.75, 3.05) is 31.5 Å². The van der Waals surface area contributed by atoms with Crippen LogP contribution in [0.25, 0.3) is 0 Å². The van der Waals surface area contributed by atoms with Gasteiger partial charge in [-0.05, 0) is 51.4 Å². The average molecular weight is 289 g/mol. The number of hydrogen-bond donors (Lipinski definition) is 2. The second kappa shape index (κ2) is 7.57. The highest BCUT2D eigenvalue weighted by atomic mass is 16.2. The third kappa shape index (κ3) is 4.55. The predicted octanol–water partition coefficient (Wildman–Crippen LogP) is 2.32. The lowest BCUT2D eigenvalue weighted by molar-refractivity contribution is -0.117. The van der Waals surface area contributed by atoms with E-state index in [9.17, 15) is 4.79 Å². The van der Waals surface area contributed by atoms with Crippen molar-refractivity contribution in [3.8, 4) is 0 Å². The lowest BCUT2D eigenvalue weighted by Crippen LogP contribution is -2.48. The first-order valence-electron chi connectivity index (χ1n) is 7.92. The zero-order valence-corrected chi connectivity index (χ0v) is 13.4. The number of aryl methyl sites for hydroxylation is 2. The van der Waals surface area contributed by atoms with Gasteiger partial charge in [-0.15, -0.1) is 0 Å². The molecule has 1 aromatic rings. The molecule has 1 unspecified atom stereocenters. The van der Waals surface area contributed by atoms with Crippen molar-refractivity contribution in [1.29, 1.82) is 0 Å². The number of piperidine rings is 1. The van der Waals surface area contributed by atoms with Crippen molar-refractivity contribution in [2.24, 2.45) is 0 Å². The Bertz CT molecular complexity index is 481. The van der Waals surface area contributed by atoms with E-state index in [2.05, 4.69) is 35.4 Å². The Labute approximate surface area is 127 Å². The second-order valence-corrected chi connectivity index (χ2v) is 5.93. The second-order valence-electron chi connectivity index (χ2n) is 5.93. The molecule has 0 radical (unpaired) electrons. The van der Waals surface area contributed by atoms with Crippen molar-refractivity contribution in [3.05, 3.63) is 29.3 Å². The summed E-state index contributed by atoms with van der Waals surface area (Å²) in [6.45, 7) is 9.69. The quantitative estimate of drug-likeness (QED) is 0.874. The standard InChI is InChI=1S/C17H27N3O/c1-4-20(15-6-5-9-18-11-15)12-17(21)19-16-8-7-13(2)10-14(16)3/h7-8,10,15,18H,4-6,9,11-12H2,1-3H3,(H,19,21). The van der Waals surface area contributed by atoms with Crippen LogP contribution in [0.15, 0.2) is 18.2 Å². The SMILES string of the molecule is CCN(CC(=O)Nc1ccc(C)cc1C)C1CCCNC1. The van der Waals surface area contributed by atoms with E-state index < -0.39 is 0 Å². The molecule has 0 bridgehead atoms. The van der Waals surface area contributed by atoms with Crippen LogP contribution in [0, 0.1) is 13.8 Å². The molecule has 1 aromatic carbocycles. The molecule has 0 spiro atoms. The molecule has 2 rings (SSSR count). The number of carbonyl (C=O) groups excluding carboxylic acids is 1. The summed E-state index contributed by atoms with van der Waals surface area (Å²) in [5.74, 6) is 0.0781. The van der Waals surface area contributed by atoms with Gasteiger partial charge in [0.15, 0.2) is 0 Å². The molecule has 1 fully saturated rings. The van der Waals surface area contributed by atoms with Crippen LogP contribution in [0.4, 0.5) is 5.69 Å². The maximum absolute atomic E-state index is 12.3. The topological polar surface area (TPSA) is 44.4 Å². The summed E-state index contributed by atoms with van der Waals surface area (Å²) in [5.41, 5.74) is 3.25. The van der Waals surface area contributed by atoms with Crippen LogP contribution in [0.5, 0.6) is 0 Å². The fourth-order valence-corrected chi connectivity index (χ4v) is 2.97. The summed E-state index contributed by atoms with van der Waals surface area (Å²) in [6.07, 6.45) is 2.37. The van der Waals surface area contributed by atoms with Crippen molar-refractivity contribution >= 4 is 11.6 Å². The van der Waals surface area contributed by atoms with Gasteiger partial charge in [0, 0.05) is 18.3 Å². The molecule has 1 saturated heterocycles. The first kappa shape index (κ1) is 16.0. The third-order valence-electron chi connectivity index (χ3n) is 4.20. The summed E-state index contributed by atoms with van der Waals surface area (Å²) in [6, 6.07) is 6.60. The van der Waals surface area contributed by atoms with Crippen molar-refractivity contribution in [3.63, 3.8) is 0 Å². The predicted molar refractivity (Wildman–Crippen MR) is 87.7 cm³/mol. The number of likely N-dealkylation sites (N-methyl/N-ethyl adjacent to an activating group) is 1. The molecule has 1 amide bonds. The molecule has 0 aliphatic carbocycles. The van der Waals surface area contributed by atoms with E-state index in [1.807, 2.05) is 19.1 Å². The highest BCUT2D eigenvalue weighted by Gasteiger charge is 2.21. The van der Waals surface area contributed by atoms with Gasteiger partial charge in [-0.1, -0.05) is 24.6 Å². The van der Waals surface area contributed by atoms with Gasteiger partial charge in [0.05, 0.1) is 6.54 Å². The lowest BCUT2D eigenvalue weighted by Gasteiger charge is -2.33. The van der Waals surface area contributed by atoms with Gasteiger partial charge in [0.2, 0.25) is 5.91 Å². The highest BCUT2D eigenvalue weighted by Crippen LogP contribution is 2.16. The molecule has 21 heavy (non-hydrogen) atoms. The van der Waals surface area contributed by atoms with Crippen molar-refractivity contribution in [1.82, 2.24) is 10.2 Å². The molecular formula is C17H27N3O. The summed E-state index contributed by atoms with van der Waals surface area (Å²) >= 11 is 0. The van der Waals surface area contributed by atoms with Gasteiger partial charge >= 0.3 is 0 Å². The Balaban J connectivity index is 1.92. The van der Waals surface area contributed by atoms with Crippen LogP contribution in [-0.2, 0) is 4.79 Å². The molecule has 0 aromatic heterocycles. The lowest BCUT2D eigenvalue weighted by atomic mass is 10.1. The Hall–Kier alpha value is -1.39. The largest absolute Gasteiger partial charge is 0.325 e. The monoisotopic (exact) mass is 289 g/mol. The van der Waals surface area contributed by atoms with Gasteiger partial charge in [-0.3, -0.25) is 9.69 Å². The van der Waals surface area contributed by atoms with E-state index >= 15 is 0 Å². The number of rotatable bonds is 5.